The Balaban J connectivity index is 0.000000714. The van der Waals surface area contributed by atoms with E-state index in [-0.39, 0.29) is 39.7 Å². The number of nitrogens with zero attached hydrogens (tertiary/aromatic N) is 2. The van der Waals surface area contributed by atoms with E-state index in [4.69, 9.17) is 9.90 Å². The molecule has 0 fully saturated rings. The summed E-state index contributed by atoms with van der Waals surface area (Å²) in [5.74, 6) is -2.75. The first-order valence-corrected chi connectivity index (χ1v) is 9.38. The van der Waals surface area contributed by atoms with Crippen LogP contribution in [0.2, 0.25) is 0 Å². The van der Waals surface area contributed by atoms with Crippen molar-refractivity contribution >= 4 is 5.97 Å². The second-order valence-corrected chi connectivity index (χ2v) is 6.62. The van der Waals surface area contributed by atoms with Crippen molar-refractivity contribution in [2.45, 2.75) is 6.92 Å². The summed E-state index contributed by atoms with van der Waals surface area (Å²) in [7, 11) is 0. The Kier molecular flexibility index (Phi) is 8.39. The maximum absolute atomic E-state index is 12.2. The number of carbonyl (C=O) groups is 1. The summed E-state index contributed by atoms with van der Waals surface area (Å²) in [5.41, 5.74) is 2.41. The number of pyridine rings is 2. The number of phenolic OH excluding ortho intramolecular Hbond substituents is 2. The molecule has 2 aromatic carbocycles. The van der Waals surface area contributed by atoms with Crippen LogP contribution in [0.4, 0.5) is 0 Å². The number of carboxylic acids is 1. The molecule has 9 heteroatoms. The number of carbonyl (C=O) groups excluding carboxylic acids is 1. The van der Waals surface area contributed by atoms with E-state index in [1.165, 1.54) is 12.1 Å². The summed E-state index contributed by atoms with van der Waals surface area (Å²) in [6, 6.07) is 19.3. The molecule has 8 nitrogen and oxygen atoms in total. The Morgan fingerprint density at radius 1 is 0.667 bits per heavy atom. The molecule has 4 rings (SSSR count). The van der Waals surface area contributed by atoms with Crippen molar-refractivity contribution in [1.29, 1.82) is 0 Å². The number of carboxylic acid groups (broad SMARTS) is 1. The molecule has 2 heterocycles. The fourth-order valence-electron chi connectivity index (χ4n) is 2.91. The van der Waals surface area contributed by atoms with Crippen LogP contribution in [0.1, 0.15) is 6.92 Å². The molecule has 0 radical (unpaired) electrons. The number of aliphatic carboxylic acids is 1. The predicted octanol–water partition coefficient (Wildman–Crippen LogP) is 1.79. The smallest absolute Gasteiger partial charge is 0.870 e. The first-order valence-electron chi connectivity index (χ1n) is 9.38. The number of aromatic hydroxyl groups is 2. The standard InChI is InChI=1S/C22H16N2O4.C2H4O2.Mn/c25-19-11-1-5-13(21(19)27)15-7-3-9-17(23-15)18-10-4-8-16(24-18)14-6-2-12-20(26)22(14)28;1-2(3)4;/h1-12,25-28H;1H3,(H,3,4);/q;;+3/p-3. The maximum Gasteiger partial charge on any atom is 3.00 e. The van der Waals surface area contributed by atoms with Crippen LogP contribution in [0.3, 0.4) is 0 Å². The molecule has 0 aliphatic heterocycles. The van der Waals surface area contributed by atoms with E-state index in [1.807, 2.05) is 0 Å². The fourth-order valence-corrected chi connectivity index (χ4v) is 2.91. The average Bonchev–Trinajstić information content (AvgIpc) is 2.77. The zero-order valence-corrected chi connectivity index (χ0v) is 18.4. The fraction of sp³-hybridized carbons (Fsp3) is 0.0417. The third-order valence-corrected chi connectivity index (χ3v) is 4.30. The number of benzene rings is 2. The van der Waals surface area contributed by atoms with Crippen molar-refractivity contribution < 1.29 is 47.4 Å². The molecule has 0 aliphatic rings. The third kappa shape index (κ3) is 6.00. The van der Waals surface area contributed by atoms with Crippen molar-refractivity contribution in [2.75, 3.05) is 0 Å². The largest absolute Gasteiger partial charge is 3.00 e. The topological polar surface area (TPSA) is 152 Å². The van der Waals surface area contributed by atoms with Gasteiger partial charge in [-0.05, 0) is 54.4 Å². The zero-order chi connectivity index (χ0) is 23.3. The molecule has 0 saturated heterocycles. The van der Waals surface area contributed by atoms with Gasteiger partial charge in [0.1, 0.15) is 11.5 Å². The van der Waals surface area contributed by atoms with Crippen molar-refractivity contribution in [3.8, 4) is 56.9 Å². The van der Waals surface area contributed by atoms with E-state index in [0.29, 0.717) is 22.8 Å². The minimum Gasteiger partial charge on any atom is -0.870 e. The second kappa shape index (κ2) is 11.0. The van der Waals surface area contributed by atoms with Crippen LogP contribution >= 0.6 is 0 Å². The minimum absolute atomic E-state index is 0. The van der Waals surface area contributed by atoms with Gasteiger partial charge in [-0.3, -0.25) is 0 Å². The van der Waals surface area contributed by atoms with Gasteiger partial charge in [0, 0.05) is 5.97 Å². The van der Waals surface area contributed by atoms with Gasteiger partial charge in [-0.2, -0.15) is 0 Å². The molecule has 0 unspecified atom stereocenters. The summed E-state index contributed by atoms with van der Waals surface area (Å²) in [5, 5.41) is 52.5. The van der Waals surface area contributed by atoms with Gasteiger partial charge in [-0.1, -0.05) is 47.9 Å². The summed E-state index contributed by atoms with van der Waals surface area (Å²) in [4.78, 5) is 17.9. The van der Waals surface area contributed by atoms with Gasteiger partial charge in [0.2, 0.25) is 0 Å². The van der Waals surface area contributed by atoms with Crippen molar-refractivity contribution in [2.24, 2.45) is 0 Å². The van der Waals surface area contributed by atoms with Crippen molar-refractivity contribution in [1.82, 2.24) is 9.97 Å². The molecule has 0 amide bonds. The monoisotopic (exact) mass is 484 g/mol. The molecule has 2 N–H and O–H groups in total. The number of hydrogen-bond acceptors (Lipinski definition) is 8. The average molecular weight is 484 g/mol. The molecule has 166 valence electrons. The van der Waals surface area contributed by atoms with Gasteiger partial charge < -0.3 is 30.3 Å². The van der Waals surface area contributed by atoms with E-state index in [9.17, 15) is 20.4 Å². The Bertz CT molecular complexity index is 1180. The summed E-state index contributed by atoms with van der Waals surface area (Å²) in [6.45, 7) is 0.972. The molecule has 33 heavy (non-hydrogen) atoms. The van der Waals surface area contributed by atoms with Crippen molar-refractivity contribution in [3.05, 3.63) is 72.8 Å². The Hall–Kier alpha value is -4.07. The van der Waals surface area contributed by atoms with E-state index in [0.717, 1.165) is 6.92 Å². The predicted molar refractivity (Wildman–Crippen MR) is 111 cm³/mol. The molecule has 0 aliphatic carbocycles. The number of rotatable bonds is 3. The Morgan fingerprint density at radius 3 is 1.33 bits per heavy atom. The number of hydrogen-bond donors (Lipinski definition) is 2. The third-order valence-electron chi connectivity index (χ3n) is 4.30. The van der Waals surface area contributed by atoms with Crippen LogP contribution in [-0.4, -0.2) is 26.2 Å². The molecule has 0 saturated carbocycles. The van der Waals surface area contributed by atoms with E-state index in [1.54, 1.807) is 60.7 Å². The molecular weight excluding hydrogens is 467 g/mol. The quantitative estimate of drug-likeness (QED) is 0.418. The van der Waals surface area contributed by atoms with Crippen LogP contribution in [0, 0.1) is 0 Å². The van der Waals surface area contributed by atoms with E-state index >= 15 is 0 Å². The summed E-state index contributed by atoms with van der Waals surface area (Å²) in [6.07, 6.45) is 0. The van der Waals surface area contributed by atoms with Crippen LogP contribution in [0.5, 0.6) is 23.0 Å². The second-order valence-electron chi connectivity index (χ2n) is 6.62. The van der Waals surface area contributed by atoms with E-state index < -0.39 is 17.5 Å². The van der Waals surface area contributed by atoms with Crippen LogP contribution in [0.25, 0.3) is 33.9 Å². The first kappa shape index (κ1) is 25.2. The molecular formula is C24H17MnN2O6. The number of para-hydroxylation sites is 2. The molecule has 0 atom stereocenters. The van der Waals surface area contributed by atoms with Gasteiger partial charge in [0.15, 0.2) is 0 Å². The maximum atomic E-state index is 12.2. The molecule has 0 spiro atoms. The van der Waals surface area contributed by atoms with Gasteiger partial charge >= 0.3 is 17.1 Å². The molecule has 0 bridgehead atoms. The van der Waals surface area contributed by atoms with Crippen molar-refractivity contribution in [3.63, 3.8) is 0 Å². The van der Waals surface area contributed by atoms with Gasteiger partial charge in [0.25, 0.3) is 0 Å². The number of phenols is 2. The normalized spacial score (nSPS) is 9.85. The summed E-state index contributed by atoms with van der Waals surface area (Å²) >= 11 is 0. The summed E-state index contributed by atoms with van der Waals surface area (Å²) < 4.78 is 0. The van der Waals surface area contributed by atoms with E-state index in [2.05, 4.69) is 9.97 Å². The zero-order valence-electron chi connectivity index (χ0n) is 17.2. The Morgan fingerprint density at radius 2 is 0.970 bits per heavy atom. The van der Waals surface area contributed by atoms with Gasteiger partial charge in [-0.15, -0.1) is 0 Å². The SMILES string of the molecule is CC(=O)[O-].[Mn+3].[O-]c1c(O)cccc1-c1cccc(-c2cccc(-c3cccc(O)c3[O-])n2)n1. The van der Waals surface area contributed by atoms with Gasteiger partial charge in [0.05, 0.1) is 22.8 Å². The van der Waals surface area contributed by atoms with Crippen LogP contribution < -0.4 is 15.3 Å². The van der Waals surface area contributed by atoms with Crippen LogP contribution in [-0.2, 0) is 21.9 Å². The Labute approximate surface area is 200 Å². The number of aromatic nitrogens is 2. The van der Waals surface area contributed by atoms with Crippen LogP contribution in [0.15, 0.2) is 72.8 Å². The minimum atomic E-state index is -1.08. The molecule has 2 aromatic heterocycles. The first-order chi connectivity index (χ1) is 15.3. The molecule has 4 aromatic rings. The van der Waals surface area contributed by atoms with Gasteiger partial charge in [-0.25, -0.2) is 9.97 Å².